The minimum atomic E-state index is 0.163. The number of rotatable bonds is 3. The van der Waals surface area contributed by atoms with Gasteiger partial charge in [-0.3, -0.25) is 9.97 Å². The summed E-state index contributed by atoms with van der Waals surface area (Å²) in [6.45, 7) is 1.70. The van der Waals surface area contributed by atoms with E-state index >= 15 is 0 Å². The van der Waals surface area contributed by atoms with Crippen LogP contribution in [0.1, 0.15) is 6.42 Å². The largest absolute Gasteiger partial charge is 0.369 e. The van der Waals surface area contributed by atoms with Crippen LogP contribution < -0.4 is 10.6 Å². The molecule has 4 aromatic rings. The maximum Gasteiger partial charge on any atom is 0.142 e. The van der Waals surface area contributed by atoms with Crippen LogP contribution in [-0.4, -0.2) is 39.1 Å². The van der Waals surface area contributed by atoms with Gasteiger partial charge >= 0.3 is 0 Å². The lowest BCUT2D eigenvalue weighted by atomic mass is 10.0. The minimum Gasteiger partial charge on any atom is -0.369 e. The molecule has 0 radical (unpaired) electrons. The van der Waals surface area contributed by atoms with Gasteiger partial charge < -0.3 is 15.6 Å². The molecule has 0 saturated carbocycles. The predicted octanol–water partition coefficient (Wildman–Crippen LogP) is 3.88. The van der Waals surface area contributed by atoms with Crippen molar-refractivity contribution in [1.82, 2.24) is 19.9 Å². The molecule has 0 amide bonds. The van der Waals surface area contributed by atoms with E-state index in [2.05, 4.69) is 19.9 Å². The van der Waals surface area contributed by atoms with E-state index in [-0.39, 0.29) is 6.04 Å². The summed E-state index contributed by atoms with van der Waals surface area (Å²) in [6.07, 6.45) is 8.30. The highest BCUT2D eigenvalue weighted by molar-refractivity contribution is 6.35. The fourth-order valence-corrected chi connectivity index (χ4v) is 4.04. The number of H-pyrrole nitrogens is 1. The first-order chi connectivity index (χ1) is 13.7. The SMILES string of the molecule is N[C@H]1CCN(c2c(-c3ccncc3)cncc2-c2nc3c(Cl)cccc3[nH]2)C1. The van der Waals surface area contributed by atoms with Gasteiger partial charge in [0.05, 0.1) is 21.8 Å². The van der Waals surface area contributed by atoms with Crippen molar-refractivity contribution in [1.29, 1.82) is 0 Å². The van der Waals surface area contributed by atoms with Crippen molar-refractivity contribution in [2.45, 2.75) is 12.5 Å². The highest BCUT2D eigenvalue weighted by atomic mass is 35.5. The second-order valence-electron chi connectivity index (χ2n) is 7.04. The van der Waals surface area contributed by atoms with Crippen LogP contribution in [0.15, 0.2) is 55.1 Å². The van der Waals surface area contributed by atoms with E-state index in [1.165, 1.54) is 0 Å². The summed E-state index contributed by atoms with van der Waals surface area (Å²) in [4.78, 5) is 19.1. The number of hydrogen-bond acceptors (Lipinski definition) is 5. The summed E-state index contributed by atoms with van der Waals surface area (Å²) >= 11 is 6.34. The average molecular weight is 391 g/mol. The molecular formula is C21H19ClN6. The number of benzene rings is 1. The van der Waals surface area contributed by atoms with E-state index in [0.717, 1.165) is 58.7 Å². The van der Waals surface area contributed by atoms with Crippen LogP contribution in [0.3, 0.4) is 0 Å². The van der Waals surface area contributed by atoms with E-state index in [1.807, 2.05) is 42.7 Å². The van der Waals surface area contributed by atoms with Crippen LogP contribution in [0.4, 0.5) is 5.69 Å². The number of para-hydroxylation sites is 1. The molecule has 3 N–H and O–H groups in total. The summed E-state index contributed by atoms with van der Waals surface area (Å²) in [5, 5.41) is 0.628. The molecular weight excluding hydrogens is 372 g/mol. The molecule has 1 aliphatic rings. The molecule has 3 aromatic heterocycles. The summed E-state index contributed by atoms with van der Waals surface area (Å²) in [7, 11) is 0. The van der Waals surface area contributed by atoms with Gasteiger partial charge in [0.2, 0.25) is 0 Å². The molecule has 1 atom stereocenters. The van der Waals surface area contributed by atoms with Gasteiger partial charge in [0.15, 0.2) is 0 Å². The number of anilines is 1. The minimum absolute atomic E-state index is 0.163. The number of imidazole rings is 1. The van der Waals surface area contributed by atoms with Gasteiger partial charge in [-0.2, -0.15) is 0 Å². The van der Waals surface area contributed by atoms with Gasteiger partial charge in [0.1, 0.15) is 11.3 Å². The smallest absolute Gasteiger partial charge is 0.142 e. The zero-order valence-corrected chi connectivity index (χ0v) is 15.9. The highest BCUT2D eigenvalue weighted by Gasteiger charge is 2.26. The first-order valence-electron chi connectivity index (χ1n) is 9.24. The lowest BCUT2D eigenvalue weighted by Gasteiger charge is -2.24. The monoisotopic (exact) mass is 390 g/mol. The van der Waals surface area contributed by atoms with Crippen LogP contribution in [0.2, 0.25) is 5.02 Å². The Labute approximate surface area is 167 Å². The molecule has 0 bridgehead atoms. The Kier molecular flexibility index (Phi) is 4.22. The molecule has 28 heavy (non-hydrogen) atoms. The first kappa shape index (κ1) is 17.2. The second-order valence-corrected chi connectivity index (χ2v) is 7.44. The molecule has 5 rings (SSSR count). The van der Waals surface area contributed by atoms with Crippen molar-refractivity contribution in [3.8, 4) is 22.5 Å². The number of aromatic amines is 1. The van der Waals surface area contributed by atoms with Crippen LogP contribution in [-0.2, 0) is 0 Å². The van der Waals surface area contributed by atoms with Gasteiger partial charge in [-0.25, -0.2) is 4.98 Å². The molecule has 140 valence electrons. The zero-order valence-electron chi connectivity index (χ0n) is 15.1. The highest BCUT2D eigenvalue weighted by Crippen LogP contribution is 2.40. The predicted molar refractivity (Wildman–Crippen MR) is 112 cm³/mol. The van der Waals surface area contributed by atoms with Crippen molar-refractivity contribution in [2.24, 2.45) is 5.73 Å². The molecule has 1 saturated heterocycles. The van der Waals surface area contributed by atoms with Crippen LogP contribution in [0.25, 0.3) is 33.5 Å². The van der Waals surface area contributed by atoms with Crippen LogP contribution >= 0.6 is 11.6 Å². The average Bonchev–Trinajstić information content (AvgIpc) is 3.35. The Morgan fingerprint density at radius 2 is 1.89 bits per heavy atom. The number of aromatic nitrogens is 4. The Hall–Kier alpha value is -2.96. The van der Waals surface area contributed by atoms with Gasteiger partial charge in [-0.15, -0.1) is 0 Å². The fourth-order valence-electron chi connectivity index (χ4n) is 3.83. The molecule has 0 unspecified atom stereocenters. The third kappa shape index (κ3) is 2.91. The maximum atomic E-state index is 6.34. The lowest BCUT2D eigenvalue weighted by Crippen LogP contribution is -2.27. The van der Waals surface area contributed by atoms with E-state index in [9.17, 15) is 0 Å². The number of pyridine rings is 2. The molecule has 6 nitrogen and oxygen atoms in total. The Morgan fingerprint density at radius 1 is 1.07 bits per heavy atom. The normalized spacial score (nSPS) is 16.8. The molecule has 0 aliphatic carbocycles. The standard InChI is InChI=1S/C21H19ClN6/c22-17-2-1-3-18-19(17)27-21(26-18)16-11-25-10-15(13-4-7-24-8-5-13)20(16)28-9-6-14(23)12-28/h1-5,7-8,10-11,14H,6,9,12,23H2,(H,26,27)/t14-/m0/s1. The molecule has 0 spiro atoms. The van der Waals surface area contributed by atoms with E-state index in [0.29, 0.717) is 5.02 Å². The third-order valence-electron chi connectivity index (χ3n) is 5.17. The van der Waals surface area contributed by atoms with Gasteiger partial charge in [0, 0.05) is 49.5 Å². The number of nitrogens with two attached hydrogens (primary N) is 1. The van der Waals surface area contributed by atoms with Crippen molar-refractivity contribution in [3.05, 3.63) is 60.1 Å². The fraction of sp³-hybridized carbons (Fsp3) is 0.190. The second kappa shape index (κ2) is 6.89. The molecule has 1 fully saturated rings. The van der Waals surface area contributed by atoms with Crippen molar-refractivity contribution < 1.29 is 0 Å². The number of nitrogens with one attached hydrogen (secondary N) is 1. The van der Waals surface area contributed by atoms with Gasteiger partial charge in [-0.05, 0) is 36.2 Å². The first-order valence-corrected chi connectivity index (χ1v) is 9.62. The topological polar surface area (TPSA) is 83.7 Å². The third-order valence-corrected chi connectivity index (χ3v) is 5.47. The molecule has 1 aliphatic heterocycles. The number of nitrogens with zero attached hydrogens (tertiary/aromatic N) is 4. The van der Waals surface area contributed by atoms with Crippen molar-refractivity contribution in [3.63, 3.8) is 0 Å². The molecule has 1 aromatic carbocycles. The molecule has 7 heteroatoms. The zero-order chi connectivity index (χ0) is 19.1. The molecule has 4 heterocycles. The maximum absolute atomic E-state index is 6.34. The van der Waals surface area contributed by atoms with Crippen molar-refractivity contribution in [2.75, 3.05) is 18.0 Å². The Balaban J connectivity index is 1.74. The summed E-state index contributed by atoms with van der Waals surface area (Å²) in [5.41, 5.74) is 12.0. The van der Waals surface area contributed by atoms with Gasteiger partial charge in [0.25, 0.3) is 0 Å². The number of hydrogen-bond donors (Lipinski definition) is 2. The van der Waals surface area contributed by atoms with Crippen LogP contribution in [0, 0.1) is 0 Å². The summed E-state index contributed by atoms with van der Waals surface area (Å²) in [5.74, 6) is 0.752. The van der Waals surface area contributed by atoms with E-state index in [4.69, 9.17) is 22.3 Å². The van der Waals surface area contributed by atoms with Crippen LogP contribution in [0.5, 0.6) is 0 Å². The van der Waals surface area contributed by atoms with E-state index < -0.39 is 0 Å². The van der Waals surface area contributed by atoms with E-state index in [1.54, 1.807) is 12.4 Å². The lowest BCUT2D eigenvalue weighted by molar-refractivity contribution is 0.752. The summed E-state index contributed by atoms with van der Waals surface area (Å²) in [6, 6.07) is 9.89. The Bertz CT molecular complexity index is 1140. The number of halogens is 1. The van der Waals surface area contributed by atoms with Crippen molar-refractivity contribution >= 4 is 28.3 Å². The summed E-state index contributed by atoms with van der Waals surface area (Å²) < 4.78 is 0. The number of fused-ring (bicyclic) bond motifs is 1. The Morgan fingerprint density at radius 3 is 2.64 bits per heavy atom. The van der Waals surface area contributed by atoms with Gasteiger partial charge in [-0.1, -0.05) is 17.7 Å². The quantitative estimate of drug-likeness (QED) is 0.554.